The molecule has 35 heavy (non-hydrogen) atoms. The van der Waals surface area contributed by atoms with Crippen LogP contribution in [-0.2, 0) is 19.3 Å². The maximum atomic E-state index is 14.0. The van der Waals surface area contributed by atoms with Crippen LogP contribution in [0.1, 0.15) is 16.9 Å². The Morgan fingerprint density at radius 3 is 2.51 bits per heavy atom. The Morgan fingerprint density at radius 2 is 1.77 bits per heavy atom. The molecule has 0 bridgehead atoms. The summed E-state index contributed by atoms with van der Waals surface area (Å²) in [5.74, 6) is -1.69. The Labute approximate surface area is 198 Å². The monoisotopic (exact) mass is 483 g/mol. The van der Waals surface area contributed by atoms with Gasteiger partial charge < -0.3 is 18.6 Å². The summed E-state index contributed by atoms with van der Waals surface area (Å²) in [4.78, 5) is 15.2. The third kappa shape index (κ3) is 4.54. The van der Waals surface area contributed by atoms with Gasteiger partial charge in [0.2, 0.25) is 11.2 Å². The van der Waals surface area contributed by atoms with Crippen molar-refractivity contribution in [2.75, 3.05) is 13.8 Å². The van der Waals surface area contributed by atoms with Gasteiger partial charge in [0, 0.05) is 19.2 Å². The van der Waals surface area contributed by atoms with E-state index < -0.39 is 23.1 Å². The summed E-state index contributed by atoms with van der Waals surface area (Å²) >= 11 is 0. The predicted octanol–water partition coefficient (Wildman–Crippen LogP) is 5.96. The molecule has 6 nitrogen and oxygen atoms in total. The molecule has 180 valence electrons. The molecule has 9 heteroatoms. The maximum absolute atomic E-state index is 14.0. The Morgan fingerprint density at radius 1 is 1.00 bits per heavy atom. The molecule has 0 unspecified atom stereocenters. The molecule has 0 spiro atoms. The second-order valence-electron chi connectivity index (χ2n) is 8.03. The first kappa shape index (κ1) is 22.8. The van der Waals surface area contributed by atoms with E-state index in [0.717, 1.165) is 5.56 Å². The van der Waals surface area contributed by atoms with Crippen LogP contribution in [0.2, 0.25) is 0 Å². The number of alkyl halides is 3. The fourth-order valence-corrected chi connectivity index (χ4v) is 4.00. The number of benzene rings is 3. The molecule has 0 N–H and O–H groups in total. The predicted molar refractivity (Wildman–Crippen MR) is 122 cm³/mol. The lowest BCUT2D eigenvalue weighted by Gasteiger charge is -2.29. The topological polar surface area (TPSA) is 61.1 Å². The molecule has 0 atom stereocenters. The van der Waals surface area contributed by atoms with Crippen molar-refractivity contribution < 1.29 is 31.8 Å². The first-order chi connectivity index (χ1) is 16.8. The largest absolute Gasteiger partial charge is 0.497 e. The Kier molecular flexibility index (Phi) is 5.86. The Hall–Kier alpha value is -3.98. The van der Waals surface area contributed by atoms with Gasteiger partial charge in [-0.1, -0.05) is 36.4 Å². The maximum Gasteiger partial charge on any atom is 0.453 e. The van der Waals surface area contributed by atoms with Crippen LogP contribution >= 0.6 is 0 Å². The van der Waals surface area contributed by atoms with Crippen molar-refractivity contribution in [1.29, 1.82) is 0 Å². The molecule has 2 heterocycles. The molecule has 1 aromatic heterocycles. The minimum Gasteiger partial charge on any atom is -0.497 e. The van der Waals surface area contributed by atoms with Gasteiger partial charge in [0.1, 0.15) is 29.6 Å². The third-order valence-corrected chi connectivity index (χ3v) is 5.63. The van der Waals surface area contributed by atoms with E-state index in [0.29, 0.717) is 23.6 Å². The summed E-state index contributed by atoms with van der Waals surface area (Å²) in [5.41, 5.74) is 0.298. The second kappa shape index (κ2) is 8.99. The van der Waals surface area contributed by atoms with Crippen LogP contribution in [0.3, 0.4) is 0 Å². The van der Waals surface area contributed by atoms with Crippen LogP contribution in [0.5, 0.6) is 23.0 Å². The molecule has 1 aliphatic rings. The second-order valence-corrected chi connectivity index (χ2v) is 8.03. The van der Waals surface area contributed by atoms with E-state index in [4.69, 9.17) is 18.6 Å². The minimum absolute atomic E-state index is 0.0110. The molecular formula is C26H20F3NO5. The van der Waals surface area contributed by atoms with E-state index >= 15 is 0 Å². The van der Waals surface area contributed by atoms with Gasteiger partial charge in [0.25, 0.3) is 5.76 Å². The highest BCUT2D eigenvalue weighted by molar-refractivity contribution is 5.84. The highest BCUT2D eigenvalue weighted by Gasteiger charge is 2.41. The molecule has 0 saturated heterocycles. The molecule has 0 amide bonds. The fourth-order valence-electron chi connectivity index (χ4n) is 4.00. The zero-order valence-electron chi connectivity index (χ0n) is 18.6. The lowest BCUT2D eigenvalue weighted by Crippen LogP contribution is -2.31. The van der Waals surface area contributed by atoms with Crippen molar-refractivity contribution in [3.05, 3.63) is 93.8 Å². The summed E-state index contributed by atoms with van der Waals surface area (Å²) in [7, 11) is 1.41. The number of methoxy groups -OCH3 is 1. The first-order valence-corrected chi connectivity index (χ1v) is 10.7. The van der Waals surface area contributed by atoms with Crippen LogP contribution < -0.4 is 19.6 Å². The minimum atomic E-state index is -4.97. The Bertz CT molecular complexity index is 1430. The quantitative estimate of drug-likeness (QED) is 0.349. The number of nitrogens with zero attached hydrogens (tertiary/aromatic N) is 1. The molecule has 5 rings (SSSR count). The third-order valence-electron chi connectivity index (χ3n) is 5.63. The van der Waals surface area contributed by atoms with E-state index in [1.165, 1.54) is 25.3 Å². The average Bonchev–Trinajstić information content (AvgIpc) is 2.85. The summed E-state index contributed by atoms with van der Waals surface area (Å²) in [5, 5.41) is -0.0280. The molecule has 1 aliphatic heterocycles. The van der Waals surface area contributed by atoms with Crippen molar-refractivity contribution in [3.8, 4) is 23.0 Å². The molecule has 0 radical (unpaired) electrons. The molecule has 3 aromatic carbocycles. The van der Waals surface area contributed by atoms with E-state index in [9.17, 15) is 18.0 Å². The zero-order chi connectivity index (χ0) is 24.6. The molecular weight excluding hydrogens is 463 g/mol. The van der Waals surface area contributed by atoms with Crippen LogP contribution in [0.25, 0.3) is 11.0 Å². The van der Waals surface area contributed by atoms with Crippen molar-refractivity contribution in [3.63, 3.8) is 0 Å². The van der Waals surface area contributed by atoms with Crippen molar-refractivity contribution in [2.24, 2.45) is 0 Å². The van der Waals surface area contributed by atoms with Gasteiger partial charge in [-0.3, -0.25) is 9.69 Å². The molecule has 0 aliphatic carbocycles. The van der Waals surface area contributed by atoms with E-state index in [2.05, 4.69) is 0 Å². The number of rotatable bonds is 5. The van der Waals surface area contributed by atoms with Gasteiger partial charge in [0.05, 0.1) is 18.1 Å². The van der Waals surface area contributed by atoms with Crippen molar-refractivity contribution >= 4 is 11.0 Å². The first-order valence-electron chi connectivity index (χ1n) is 10.7. The van der Waals surface area contributed by atoms with Crippen LogP contribution in [0.15, 0.2) is 75.9 Å². The highest BCUT2D eigenvalue weighted by atomic mass is 19.4. The lowest BCUT2D eigenvalue weighted by atomic mass is 10.1. The van der Waals surface area contributed by atoms with Gasteiger partial charge in [-0.2, -0.15) is 13.2 Å². The van der Waals surface area contributed by atoms with E-state index in [1.807, 2.05) is 35.2 Å². The highest BCUT2D eigenvalue weighted by Crippen LogP contribution is 2.41. The van der Waals surface area contributed by atoms with Gasteiger partial charge in [0.15, 0.2) is 0 Å². The normalized spacial score (nSPS) is 13.8. The Balaban J connectivity index is 1.60. The van der Waals surface area contributed by atoms with E-state index in [1.54, 1.807) is 18.2 Å². The number of hydrogen-bond donors (Lipinski definition) is 0. The van der Waals surface area contributed by atoms with E-state index in [-0.39, 0.29) is 30.0 Å². The number of halogens is 3. The fraction of sp³-hybridized carbons (Fsp3) is 0.192. The van der Waals surface area contributed by atoms with Crippen LogP contribution in [-0.4, -0.2) is 18.7 Å². The standard InChI is InChI=1S/C26H20F3NO5/c1-32-17-8-5-9-18(12-17)34-24-22(31)19-10-11-21-20(23(19)35-25(24)26(27,28)29)14-30(15-33-21)13-16-6-3-2-4-7-16/h2-12H,13-15H2,1H3. The van der Waals surface area contributed by atoms with Crippen molar-refractivity contribution in [1.82, 2.24) is 4.90 Å². The molecule has 0 saturated carbocycles. The van der Waals surface area contributed by atoms with Gasteiger partial charge >= 0.3 is 6.18 Å². The molecule has 4 aromatic rings. The van der Waals surface area contributed by atoms with Crippen molar-refractivity contribution in [2.45, 2.75) is 19.3 Å². The number of fused-ring (bicyclic) bond motifs is 3. The SMILES string of the molecule is COc1cccc(Oc2c(C(F)(F)F)oc3c4c(ccc3c2=O)OCN(Cc2ccccc2)C4)c1. The number of hydrogen-bond acceptors (Lipinski definition) is 6. The van der Waals surface area contributed by atoms with Gasteiger partial charge in [-0.15, -0.1) is 0 Å². The van der Waals surface area contributed by atoms with Gasteiger partial charge in [-0.25, -0.2) is 0 Å². The zero-order valence-corrected chi connectivity index (χ0v) is 18.6. The average molecular weight is 483 g/mol. The summed E-state index contributed by atoms with van der Waals surface area (Å²) in [6.45, 7) is 1.02. The summed E-state index contributed by atoms with van der Waals surface area (Å²) in [6, 6.07) is 18.5. The summed E-state index contributed by atoms with van der Waals surface area (Å²) < 4.78 is 63.7. The number of ether oxygens (including phenoxy) is 3. The lowest BCUT2D eigenvalue weighted by molar-refractivity contribution is -0.154. The summed E-state index contributed by atoms with van der Waals surface area (Å²) in [6.07, 6.45) is -4.97. The van der Waals surface area contributed by atoms with Gasteiger partial charge in [-0.05, 0) is 29.8 Å². The molecule has 0 fully saturated rings. The van der Waals surface area contributed by atoms with Crippen LogP contribution in [0.4, 0.5) is 13.2 Å². The smallest absolute Gasteiger partial charge is 0.453 e. The van der Waals surface area contributed by atoms with Crippen LogP contribution in [0, 0.1) is 0 Å².